The number of nitrogens with zero attached hydrogens (tertiary/aromatic N) is 5. The van der Waals surface area contributed by atoms with Crippen LogP contribution in [0.25, 0.3) is 0 Å². The number of nitrogen functional groups attached to an aromatic ring is 1. The molecule has 2 atom stereocenters. The zero-order chi connectivity index (χ0) is 84.4. The van der Waals surface area contributed by atoms with Crippen molar-refractivity contribution in [2.75, 3.05) is 83.2 Å². The molecule has 2 fully saturated rings. The summed E-state index contributed by atoms with van der Waals surface area (Å²) in [5, 5.41) is 20.1. The number of nitrogens with one attached hydrogen (secondary N) is 1. The Morgan fingerprint density at radius 3 is 0.938 bits per heavy atom. The predicted molar refractivity (Wildman–Crippen MR) is 423 cm³/mol. The van der Waals surface area contributed by atoms with E-state index in [2.05, 4.69) is 33.2 Å². The van der Waals surface area contributed by atoms with Gasteiger partial charge in [0.05, 0.1) is 70.9 Å². The Hall–Kier alpha value is -10.6. The molecule has 0 spiro atoms. The van der Waals surface area contributed by atoms with E-state index in [4.69, 9.17) is 35.6 Å². The molecule has 11 rings (SSSR count). The van der Waals surface area contributed by atoms with Crippen molar-refractivity contribution in [1.82, 2.24) is 5.32 Å². The fraction of sp³-hybridized carbons (Fsp3) is 0.268. The highest BCUT2D eigenvalue weighted by molar-refractivity contribution is 8.10. The SMILES string of the molecule is CCCNC.CCCSC1CC(=O)N(c2cccc(OS(=O)(=O)OC)c2)C1=O.CCCSC1CC(=O)N(c2cccc(OS(=O)(=O)OC)c2)C1=O.CCN.COS(=O)(=O)Oc1cccc(N2C(=O)C=CC2=O)c1.Nc1cccc(O)c1.O=C1C=CC(=O)N1c1cccc(O)c1.O=C1C=CC(=O)N1c1cccc(OS(=O)(=O)Cl)c1. The van der Waals surface area contributed by atoms with E-state index in [1.807, 2.05) is 27.8 Å². The van der Waals surface area contributed by atoms with Gasteiger partial charge in [0, 0.05) is 91.4 Å². The highest BCUT2D eigenvalue weighted by Gasteiger charge is 2.41. The van der Waals surface area contributed by atoms with Crippen molar-refractivity contribution < 1.29 is 121 Å². The Bertz CT molecular complexity index is 4760. The zero-order valence-electron chi connectivity index (χ0n) is 61.7. The summed E-state index contributed by atoms with van der Waals surface area (Å²) >= 11 is 2.91. The number of imide groups is 5. The number of halogens is 1. The number of benzene rings is 6. The minimum absolute atomic E-state index is 0.0231. The molecule has 6 aromatic carbocycles. The number of hydrogen-bond donors (Lipinski definition) is 5. The van der Waals surface area contributed by atoms with Gasteiger partial charge in [0.2, 0.25) is 23.6 Å². The predicted octanol–water partition coefficient (Wildman–Crippen LogP) is 7.20. The van der Waals surface area contributed by atoms with Crippen LogP contribution in [0.15, 0.2) is 182 Å². The number of hydrogen-bond acceptors (Lipinski definition) is 32. The van der Waals surface area contributed by atoms with Crippen molar-refractivity contribution in [2.24, 2.45) is 5.73 Å². The van der Waals surface area contributed by atoms with Gasteiger partial charge in [-0.25, -0.2) is 37.0 Å². The van der Waals surface area contributed by atoms with Crippen molar-refractivity contribution in [3.63, 3.8) is 0 Å². The summed E-state index contributed by atoms with van der Waals surface area (Å²) in [7, 11) is -6.84. The van der Waals surface area contributed by atoms with Gasteiger partial charge < -0.3 is 43.7 Å². The maximum atomic E-state index is 12.4. The molecule has 7 N–H and O–H groups in total. The fourth-order valence-corrected chi connectivity index (χ4v) is 13.0. The van der Waals surface area contributed by atoms with Crippen LogP contribution in [0.1, 0.15) is 59.8 Å². The van der Waals surface area contributed by atoms with Gasteiger partial charge >= 0.3 is 40.5 Å². The van der Waals surface area contributed by atoms with Crippen LogP contribution in [0.5, 0.6) is 34.5 Å². The van der Waals surface area contributed by atoms with Crippen LogP contribution in [0.3, 0.4) is 0 Å². The first-order valence-electron chi connectivity index (χ1n) is 33.2. The molecule has 5 heterocycles. The first kappa shape index (κ1) is 94.8. The number of amides is 10. The molecule has 0 radical (unpaired) electrons. The summed E-state index contributed by atoms with van der Waals surface area (Å²) in [6.07, 6.45) is 10.2. The van der Waals surface area contributed by atoms with Crippen LogP contribution in [0.4, 0.5) is 34.1 Å². The topological polar surface area (TPSA) is 493 Å². The van der Waals surface area contributed by atoms with Gasteiger partial charge in [-0.3, -0.25) is 47.9 Å². The summed E-state index contributed by atoms with van der Waals surface area (Å²) in [4.78, 5) is 122. The number of phenols is 2. The Morgan fingerprint density at radius 2 is 0.699 bits per heavy atom. The maximum Gasteiger partial charge on any atom is 0.448 e. The summed E-state index contributed by atoms with van der Waals surface area (Å²) in [6, 6.07) is 35.0. The lowest BCUT2D eigenvalue weighted by molar-refractivity contribution is -0.122. The van der Waals surface area contributed by atoms with Crippen molar-refractivity contribution in [3.8, 4) is 34.5 Å². The third kappa shape index (κ3) is 31.1. The first-order chi connectivity index (χ1) is 53.3. The van der Waals surface area contributed by atoms with Gasteiger partial charge in [-0.15, -0.1) is 23.5 Å². The molecule has 0 aliphatic carbocycles. The second-order valence-corrected chi connectivity index (χ2v) is 31.0. The molecule has 5 aliphatic rings. The number of phenolic OH excluding ortho intramolecular Hbond substituents is 2. The van der Waals surface area contributed by atoms with Crippen LogP contribution < -0.4 is 58.0 Å². The first-order valence-corrected chi connectivity index (χ1v) is 41.6. The van der Waals surface area contributed by atoms with E-state index < -0.39 is 74.7 Å². The average molecular weight is 1710 g/mol. The van der Waals surface area contributed by atoms with Gasteiger partial charge in [-0.05, 0) is 124 Å². The minimum atomic E-state index is -4.18. The Labute approximate surface area is 665 Å². The molecular formula is C71H81ClN8O27S6. The van der Waals surface area contributed by atoms with Gasteiger partial charge in [0.15, 0.2) is 0 Å². The van der Waals surface area contributed by atoms with Crippen molar-refractivity contribution in [2.45, 2.75) is 70.3 Å². The van der Waals surface area contributed by atoms with E-state index in [0.29, 0.717) is 11.4 Å². The molecule has 5 aliphatic heterocycles. The Morgan fingerprint density at radius 1 is 0.425 bits per heavy atom. The smallest absolute Gasteiger partial charge is 0.448 e. The van der Waals surface area contributed by atoms with Crippen molar-refractivity contribution in [3.05, 3.63) is 182 Å². The molecule has 2 unspecified atom stereocenters. The quantitative estimate of drug-likeness (QED) is 0.0227. The van der Waals surface area contributed by atoms with Gasteiger partial charge in [0.25, 0.3) is 35.4 Å². The standard InChI is InChI=1S/2C14H17NO6S2.C11H9NO6S.C10H6ClNO5S.C10H7NO3.C6H7NO.C4H11N.C2H7N/c2*1-3-7-22-12-9-13(16)15(14(12)17)10-5-4-6-11(8-10)21-23(18,19)20-2;1-17-19(15,16)18-9-4-2-3-8(7-9)12-10(13)5-6-11(12)14;11-18(15,16)17-8-3-1-2-7(6-8)12-9(13)4-5-10(12)14;12-8-3-1-2-7(6-8)11-9(13)4-5-10(11)14;7-5-2-1-3-6(8)4-5;1-3-4-5-2;1-2-3/h2*4-6,8,12H,3,7,9H2,1-2H3;2-7H,1H3;1-6H;1-6,12H;1-4,8H,7H2;5H,3-4H2,1-2H3;2-3H2,1H3. The van der Waals surface area contributed by atoms with E-state index in [0.717, 1.165) is 108 Å². The number of anilines is 6. The number of rotatable bonds is 24. The van der Waals surface area contributed by atoms with Crippen LogP contribution >= 0.6 is 34.2 Å². The van der Waals surface area contributed by atoms with Crippen molar-refractivity contribution >= 4 is 168 Å². The highest BCUT2D eigenvalue weighted by atomic mass is 35.7. The molecule has 0 bridgehead atoms. The minimum Gasteiger partial charge on any atom is -0.508 e. The number of nitrogens with two attached hydrogens (primary N) is 2. The molecular weight excluding hydrogens is 1620 g/mol. The summed E-state index contributed by atoms with van der Waals surface area (Å²) < 4.78 is 120. The largest absolute Gasteiger partial charge is 0.508 e. The number of carbonyl (C=O) groups is 10. The second-order valence-electron chi connectivity index (χ2n) is 22.4. The Balaban J connectivity index is 0.000000285. The Kier molecular flexibility index (Phi) is 38.4. The molecule has 610 valence electrons. The van der Waals surface area contributed by atoms with E-state index in [-0.39, 0.29) is 106 Å². The zero-order valence-corrected chi connectivity index (χ0v) is 67.3. The normalized spacial score (nSPS) is 15.6. The lowest BCUT2D eigenvalue weighted by atomic mass is 10.3. The highest BCUT2D eigenvalue weighted by Crippen LogP contribution is 2.35. The summed E-state index contributed by atoms with van der Waals surface area (Å²) in [5.41, 5.74) is 12.1. The van der Waals surface area contributed by atoms with Crippen LogP contribution in [0.2, 0.25) is 0 Å². The fourth-order valence-electron chi connectivity index (χ4n) is 9.17. The molecule has 2 saturated heterocycles. The number of carbonyl (C=O) groups excluding carboxylic acids is 10. The molecule has 42 heteroatoms. The third-order valence-corrected chi connectivity index (χ3v) is 19.7. The second kappa shape index (κ2) is 45.8. The summed E-state index contributed by atoms with van der Waals surface area (Å²) in [5.74, 6) is -2.39. The summed E-state index contributed by atoms with van der Waals surface area (Å²) in [6.45, 7) is 9.95. The van der Waals surface area contributed by atoms with Gasteiger partial charge in [0.1, 0.15) is 34.5 Å². The monoisotopic (exact) mass is 1700 g/mol. The van der Waals surface area contributed by atoms with Crippen molar-refractivity contribution in [1.29, 1.82) is 0 Å². The van der Waals surface area contributed by atoms with E-state index in [1.54, 1.807) is 42.5 Å². The molecule has 113 heavy (non-hydrogen) atoms. The molecule has 0 aromatic heterocycles. The lowest BCUT2D eigenvalue weighted by Gasteiger charge is -2.15. The number of aromatic hydroxyl groups is 2. The molecule has 10 amide bonds. The van der Waals surface area contributed by atoms with E-state index in [1.165, 1.54) is 145 Å². The van der Waals surface area contributed by atoms with E-state index >= 15 is 0 Å². The van der Waals surface area contributed by atoms with Crippen LogP contribution in [-0.2, 0) is 101 Å². The molecule has 0 saturated carbocycles. The van der Waals surface area contributed by atoms with Gasteiger partial charge in [-0.1, -0.05) is 64.1 Å². The van der Waals surface area contributed by atoms with Crippen LogP contribution in [-0.4, -0.2) is 166 Å². The number of thioether (sulfide) groups is 2. The lowest BCUT2D eigenvalue weighted by Crippen LogP contribution is -2.31. The maximum absolute atomic E-state index is 12.4. The van der Waals surface area contributed by atoms with Crippen LogP contribution in [0, 0.1) is 0 Å². The molecule has 6 aromatic rings. The third-order valence-electron chi connectivity index (χ3n) is 13.8. The average Bonchev–Trinajstić information content (AvgIpc) is 1.66. The van der Waals surface area contributed by atoms with E-state index in [9.17, 15) is 86.7 Å². The molecule has 35 nitrogen and oxygen atoms in total. The van der Waals surface area contributed by atoms with Gasteiger partial charge in [-0.2, -0.15) is 33.7 Å².